The number of hydrogen-bond donors (Lipinski definition) is 0. The van der Waals surface area contributed by atoms with Crippen LogP contribution in [0.5, 0.6) is 0 Å². The van der Waals surface area contributed by atoms with Crippen LogP contribution in [0, 0.1) is 0 Å². The van der Waals surface area contributed by atoms with Gasteiger partial charge in [0.15, 0.2) is 11.8 Å². The van der Waals surface area contributed by atoms with Crippen molar-refractivity contribution in [3.8, 4) is 0 Å². The van der Waals surface area contributed by atoms with Crippen LogP contribution in [-0.4, -0.2) is 49.5 Å². The van der Waals surface area contributed by atoms with Crippen molar-refractivity contribution in [3.63, 3.8) is 0 Å². The summed E-state index contributed by atoms with van der Waals surface area (Å²) in [4.78, 5) is 0. The first kappa shape index (κ1) is 128. The molecule has 0 nitrogen and oxygen atoms in total. The molecule has 0 amide bonds. The molecule has 18 rings (SSSR count). The first-order valence-electron chi connectivity index (χ1n) is 45.8. The molecular formula is C110H134Au4BCu5P4S6+4. The van der Waals surface area contributed by atoms with E-state index < -0.39 is 37.8 Å². The summed E-state index contributed by atoms with van der Waals surface area (Å²) in [6.45, 7) is 0. The molecule has 20 heteroatoms. The molecule has 0 spiro atoms. The van der Waals surface area contributed by atoms with Crippen LogP contribution in [0.15, 0.2) is 364 Å². The average Bonchev–Trinajstić information content (AvgIpc) is 0.737. The summed E-state index contributed by atoms with van der Waals surface area (Å²) in [6.07, 6.45) is 39.5. The van der Waals surface area contributed by atoms with Gasteiger partial charge in [-0.1, -0.05) is 460 Å². The van der Waals surface area contributed by atoms with Crippen LogP contribution in [0.4, 0.5) is 0 Å². The topological polar surface area (TPSA) is 0 Å². The van der Waals surface area contributed by atoms with Gasteiger partial charge in [0.2, 0.25) is 0 Å². The van der Waals surface area contributed by atoms with Crippen LogP contribution in [0.3, 0.4) is 0 Å². The molecule has 12 aromatic rings. The third-order valence-corrected chi connectivity index (χ3v) is 40.9. The van der Waals surface area contributed by atoms with Crippen LogP contribution in [0.25, 0.3) is 0 Å². The zero-order chi connectivity index (χ0) is 84.3. The fourth-order valence-electron chi connectivity index (χ4n) is 17.5. The van der Waals surface area contributed by atoms with Crippen LogP contribution >= 0.6 is 31.7 Å². The van der Waals surface area contributed by atoms with Crippen LogP contribution in [0.2, 0.25) is 0 Å². The average molecular weight is 2890 g/mol. The summed E-state index contributed by atoms with van der Waals surface area (Å²) < 4.78 is 0. The third kappa shape index (κ3) is 47.8. The van der Waals surface area contributed by atoms with Crippen molar-refractivity contribution in [2.24, 2.45) is 0 Å². The number of rotatable bonds is 16. The van der Waals surface area contributed by atoms with Gasteiger partial charge in [-0.2, -0.15) is 53.4 Å². The summed E-state index contributed by atoms with van der Waals surface area (Å²) >= 11 is 30.5. The molecule has 0 atom stereocenters. The van der Waals surface area contributed by atoms with E-state index in [0.29, 0.717) is 31.5 Å². The Kier molecular flexibility index (Phi) is 77.5. The van der Waals surface area contributed by atoms with Crippen molar-refractivity contribution in [3.05, 3.63) is 364 Å². The third-order valence-electron chi connectivity index (χ3n) is 24.2. The Hall–Kier alpha value is 0.0834. The van der Waals surface area contributed by atoms with Gasteiger partial charge in [0.25, 0.3) is 0 Å². The maximum absolute atomic E-state index is 5.09. The van der Waals surface area contributed by atoms with Crippen molar-refractivity contribution in [1.82, 2.24) is 0 Å². The predicted octanol–water partition coefficient (Wildman–Crippen LogP) is 23.6. The van der Waals surface area contributed by atoms with Crippen molar-refractivity contribution < 1.29 is 175 Å². The Morgan fingerprint density at radius 3 is 0.369 bits per heavy atom. The normalized spacial score (nSPS) is 14.9. The Labute approximate surface area is 940 Å². The zero-order valence-corrected chi connectivity index (χ0v) is 96.7. The van der Waals surface area contributed by atoms with Gasteiger partial charge in [-0.3, -0.25) is 0 Å². The smallest absolute Gasteiger partial charge is 0.789 e. The van der Waals surface area contributed by atoms with Crippen molar-refractivity contribution in [2.45, 2.75) is 224 Å². The Morgan fingerprint density at radius 2 is 0.277 bits per heavy atom. The molecule has 6 saturated carbocycles. The monoisotopic (exact) mass is 2880 g/mol. The maximum atomic E-state index is 5.09. The molecule has 6 aliphatic carbocycles. The minimum atomic E-state index is -1.22. The minimum Gasteiger partial charge on any atom is -0.789 e. The van der Waals surface area contributed by atoms with Crippen molar-refractivity contribution >= 4 is 178 Å². The van der Waals surface area contributed by atoms with Gasteiger partial charge >= 0.3 is 135 Å². The molecule has 0 N–H and O–H groups in total. The van der Waals surface area contributed by atoms with E-state index in [-0.39, 0.29) is 175 Å². The second-order valence-electron chi connectivity index (χ2n) is 33.3. The molecule has 2 radical (unpaired) electrons. The SMILES string of the molecule is [Au+].[Au+].[Au+].[Au].[Cu+].[Cu+].[Cu+].[Cu+].[Cu].[S-]C1CCCCC1.[S-]C1CCCCC1.[S-]C1CCCCC1.[S-]C1CCCCC1.[S-]C1CCCCC1.[S-]C1CCCCC1.c1ccc([B-](c2ccccc2)(c2ccccc2)c2ccccc2)cc1.c1ccc([PH+](C[PH+](c2ccccc2)c2ccccc2)c2ccccc2)cc1.c1ccc([PH+](C[PH+](c2ccccc2)c2ccccc2)c2ccccc2)cc1. The Balaban J connectivity index is 0.000000774. The standard InChI is InChI=1S/2C25H22P2.C24H20B.6C6H12S.4Au.5Cu/c2*1-5-13-22(14-6-1)26(23-15-7-2-8-16-23)21-27(24-17-9-3-10-18-24)25-19-11-4-12-20-25;1-5-13-21(14-6-1)25(22-15-7-2-8-16-22,23-17-9-3-10-18-23)24-19-11-4-12-20-24;6*7-6-4-2-1-3-5-6;;;;;;;;;/h2*1-20H,21H2;1-20H;6*6-7H,1-5H2;;;;;;;;;/q;;-1;;;;;;;;3*+1;;4*+1/p-2. The second-order valence-corrected chi connectivity index (χ2v) is 48.5. The number of benzene rings is 12. The van der Waals surface area contributed by atoms with Gasteiger partial charge in [0.1, 0.15) is 80.3 Å². The van der Waals surface area contributed by atoms with E-state index >= 15 is 0 Å². The van der Waals surface area contributed by atoms with E-state index in [0.717, 1.165) is 0 Å². The van der Waals surface area contributed by atoms with Crippen LogP contribution in [0.1, 0.15) is 193 Å². The van der Waals surface area contributed by atoms with E-state index in [4.69, 9.17) is 75.8 Å². The molecule has 12 aromatic carbocycles. The zero-order valence-electron chi connectivity index (χ0n) is 74.5. The van der Waals surface area contributed by atoms with E-state index in [1.807, 2.05) is 0 Å². The van der Waals surface area contributed by atoms with Crippen molar-refractivity contribution in [1.29, 1.82) is 0 Å². The van der Waals surface area contributed by atoms with E-state index in [9.17, 15) is 0 Å². The molecule has 0 heterocycles. The van der Waals surface area contributed by atoms with Gasteiger partial charge < -0.3 is 75.8 Å². The Morgan fingerprint density at radius 1 is 0.177 bits per heavy atom. The first-order valence-corrected chi connectivity index (χ1v) is 55.5. The summed E-state index contributed by atoms with van der Waals surface area (Å²) in [5, 5.41) is 15.7. The molecule has 0 aliphatic heterocycles. The molecule has 6 aliphatic rings. The fraction of sp³-hybridized carbons (Fsp3) is 0.345. The van der Waals surface area contributed by atoms with Gasteiger partial charge in [0, 0.05) is 39.4 Å². The number of hydrogen-bond acceptors (Lipinski definition) is 6. The van der Waals surface area contributed by atoms with E-state index in [1.165, 1.54) is 269 Å². The fourth-order valence-corrected chi connectivity index (χ4v) is 34.9. The minimum absolute atomic E-state index is 0. The predicted molar refractivity (Wildman–Crippen MR) is 567 cm³/mol. The van der Waals surface area contributed by atoms with Gasteiger partial charge in [-0.15, -0.1) is 0 Å². The summed E-state index contributed by atoms with van der Waals surface area (Å²) in [6, 6.07) is 132. The molecule has 130 heavy (non-hydrogen) atoms. The van der Waals surface area contributed by atoms with Crippen LogP contribution < -0.4 is 64.3 Å². The van der Waals surface area contributed by atoms with E-state index in [1.54, 1.807) is 0 Å². The molecule has 0 unspecified atom stereocenters. The molecule has 728 valence electrons. The molecule has 0 aromatic heterocycles. The molecule has 0 bridgehead atoms. The van der Waals surface area contributed by atoms with Crippen LogP contribution in [-0.2, 0) is 251 Å². The molecule has 6 fully saturated rings. The summed E-state index contributed by atoms with van der Waals surface area (Å²) in [5.74, 6) is 2.49. The largest absolute Gasteiger partial charge is 1.00 e. The summed E-state index contributed by atoms with van der Waals surface area (Å²) in [7, 11) is -3.39. The molecule has 0 saturated heterocycles. The van der Waals surface area contributed by atoms with Crippen molar-refractivity contribution in [2.75, 3.05) is 11.8 Å². The van der Waals surface area contributed by atoms with Gasteiger partial charge in [0.05, 0.1) is 0 Å². The quantitative estimate of drug-likeness (QED) is 0.0533. The second kappa shape index (κ2) is 78.7. The Bertz CT molecular complexity index is 3770. The van der Waals surface area contributed by atoms with Gasteiger partial charge in [-0.25, -0.2) is 0 Å². The van der Waals surface area contributed by atoms with Gasteiger partial charge in [-0.05, 0) is 97.1 Å². The molecular weight excluding hydrogens is 2750 g/mol. The summed E-state index contributed by atoms with van der Waals surface area (Å²) in [5.41, 5.74) is 5.36. The maximum Gasteiger partial charge on any atom is 1.00 e. The first-order chi connectivity index (χ1) is 59.6. The van der Waals surface area contributed by atoms with E-state index in [2.05, 4.69) is 364 Å².